The molecule has 0 nitrogen and oxygen atoms in total. The van der Waals surface area contributed by atoms with E-state index in [-0.39, 0.29) is 0 Å². The molecule has 0 saturated carbocycles. The minimum Gasteiger partial charge on any atom is -0.0991 e. The predicted molar refractivity (Wildman–Crippen MR) is 42.4 cm³/mol. The average molecular weight is 175 g/mol. The van der Waals surface area contributed by atoms with Gasteiger partial charge in [0.15, 0.2) is 0 Å². The zero-order valence-electron chi connectivity index (χ0n) is 4.94. The molecular weight excluding hydrogens is 164 g/mol. The maximum Gasteiger partial charge on any atom is 0.00342 e. The summed E-state index contributed by atoms with van der Waals surface area (Å²) in [4.78, 5) is 0. The fourth-order valence-electron chi connectivity index (χ4n) is 0.387. The average Bonchev–Trinajstić information content (AvgIpc) is 1.81. The van der Waals surface area contributed by atoms with Crippen molar-refractivity contribution < 1.29 is 0 Å². The van der Waals surface area contributed by atoms with Gasteiger partial charge in [-0.25, -0.2) is 0 Å². The molecule has 0 aromatic carbocycles. The third-order valence-corrected chi connectivity index (χ3v) is 1.34. The predicted octanol–water partition coefficient (Wildman–Crippen LogP) is 2.90. The van der Waals surface area contributed by atoms with Gasteiger partial charge in [0.2, 0.25) is 0 Å². The van der Waals surface area contributed by atoms with Gasteiger partial charge in [0.25, 0.3) is 0 Å². The Labute approximate surface area is 59.4 Å². The van der Waals surface area contributed by atoms with Crippen molar-refractivity contribution in [2.24, 2.45) is 0 Å². The lowest BCUT2D eigenvalue weighted by atomic mass is 10.3. The second kappa shape index (κ2) is 6.96. The van der Waals surface area contributed by atoms with E-state index in [4.69, 9.17) is 0 Å². The molecule has 8 heavy (non-hydrogen) atoms. The number of rotatable bonds is 4. The third-order valence-electron chi connectivity index (χ3n) is 0.777. The lowest BCUT2D eigenvalue weighted by molar-refractivity contribution is 0.979. The molecule has 0 unspecified atom stereocenters. The highest BCUT2D eigenvalue weighted by Crippen LogP contribution is 1.94. The zero-order valence-corrected chi connectivity index (χ0v) is 6.52. The molecule has 0 fully saturated rings. The van der Waals surface area contributed by atoms with Gasteiger partial charge in [-0.3, -0.25) is 0 Å². The molecule has 0 radical (unpaired) electrons. The SMILES string of the molecule is C=C/C=C/CCCBr. The maximum atomic E-state index is 3.56. The van der Waals surface area contributed by atoms with Crippen LogP contribution in [0.1, 0.15) is 12.8 Å². The lowest BCUT2D eigenvalue weighted by Gasteiger charge is -1.83. The van der Waals surface area contributed by atoms with Crippen molar-refractivity contribution in [1.29, 1.82) is 0 Å². The van der Waals surface area contributed by atoms with E-state index in [2.05, 4.69) is 28.6 Å². The summed E-state index contributed by atoms with van der Waals surface area (Å²) in [6.07, 6.45) is 8.26. The minimum atomic E-state index is 1.09. The van der Waals surface area contributed by atoms with Crippen LogP contribution in [0, 0.1) is 0 Å². The number of halogens is 1. The van der Waals surface area contributed by atoms with Gasteiger partial charge >= 0.3 is 0 Å². The summed E-state index contributed by atoms with van der Waals surface area (Å²) in [6, 6.07) is 0. The molecule has 0 bridgehead atoms. The molecule has 0 aromatic rings. The number of hydrogen-bond acceptors (Lipinski definition) is 0. The van der Waals surface area contributed by atoms with Crippen LogP contribution in [0.3, 0.4) is 0 Å². The van der Waals surface area contributed by atoms with Gasteiger partial charge in [-0.05, 0) is 12.8 Å². The Morgan fingerprint density at radius 2 is 2.25 bits per heavy atom. The minimum absolute atomic E-state index is 1.09. The highest BCUT2D eigenvalue weighted by molar-refractivity contribution is 9.09. The molecule has 1 heteroatoms. The van der Waals surface area contributed by atoms with E-state index in [9.17, 15) is 0 Å². The lowest BCUT2D eigenvalue weighted by Crippen LogP contribution is -1.68. The smallest absolute Gasteiger partial charge is 0.00342 e. The first kappa shape index (κ1) is 7.96. The third kappa shape index (κ3) is 5.96. The van der Waals surface area contributed by atoms with Crippen LogP contribution in [-0.2, 0) is 0 Å². The molecule has 46 valence electrons. The summed E-state index contributed by atoms with van der Waals surface area (Å²) in [5.74, 6) is 0. The van der Waals surface area contributed by atoms with Crippen LogP contribution in [-0.4, -0.2) is 5.33 Å². The summed E-state index contributed by atoms with van der Waals surface area (Å²) < 4.78 is 0. The molecule has 0 aromatic heterocycles. The fraction of sp³-hybridized carbons (Fsp3) is 0.429. The van der Waals surface area contributed by atoms with E-state index in [1.165, 1.54) is 6.42 Å². The standard InChI is InChI=1S/C7H11Br/c1-2-3-4-5-6-7-8/h2-4H,1,5-7H2/b4-3+. The van der Waals surface area contributed by atoms with Crippen LogP contribution in [0.5, 0.6) is 0 Å². The first-order valence-corrected chi connectivity index (χ1v) is 3.87. The molecule has 0 amide bonds. The number of hydrogen-bond donors (Lipinski definition) is 0. The molecule has 0 spiro atoms. The van der Waals surface area contributed by atoms with Crippen molar-refractivity contribution in [2.45, 2.75) is 12.8 Å². The van der Waals surface area contributed by atoms with Crippen molar-refractivity contribution >= 4 is 15.9 Å². The summed E-state index contributed by atoms with van der Waals surface area (Å²) in [7, 11) is 0. The first-order valence-electron chi connectivity index (χ1n) is 2.75. The Balaban J connectivity index is 2.91. The van der Waals surface area contributed by atoms with Gasteiger partial charge in [0.05, 0.1) is 0 Å². The van der Waals surface area contributed by atoms with Gasteiger partial charge < -0.3 is 0 Å². The van der Waals surface area contributed by atoms with Gasteiger partial charge in [0.1, 0.15) is 0 Å². The van der Waals surface area contributed by atoms with Crippen LogP contribution < -0.4 is 0 Å². The molecule has 0 aliphatic heterocycles. The number of unbranched alkanes of at least 4 members (excludes halogenated alkanes) is 1. The number of allylic oxidation sites excluding steroid dienone is 3. The summed E-state index contributed by atoms with van der Waals surface area (Å²) in [5.41, 5.74) is 0. The molecule has 0 atom stereocenters. The Bertz CT molecular complexity index is 74.5. The Morgan fingerprint density at radius 1 is 1.50 bits per heavy atom. The first-order chi connectivity index (χ1) is 3.91. The summed E-state index contributed by atoms with van der Waals surface area (Å²) in [5, 5.41) is 1.09. The van der Waals surface area contributed by atoms with Gasteiger partial charge in [-0.15, -0.1) is 0 Å². The van der Waals surface area contributed by atoms with Crippen molar-refractivity contribution in [3.8, 4) is 0 Å². The second-order valence-electron chi connectivity index (χ2n) is 1.50. The van der Waals surface area contributed by atoms with Gasteiger partial charge in [-0.2, -0.15) is 0 Å². The fourth-order valence-corrected chi connectivity index (χ4v) is 0.711. The van der Waals surface area contributed by atoms with Crippen molar-refractivity contribution in [1.82, 2.24) is 0 Å². The Kier molecular flexibility index (Phi) is 6.93. The molecule has 0 aliphatic rings. The molecule has 0 N–H and O–H groups in total. The quantitative estimate of drug-likeness (QED) is 0.350. The molecule has 0 rings (SSSR count). The van der Waals surface area contributed by atoms with E-state index in [0.29, 0.717) is 0 Å². The topological polar surface area (TPSA) is 0 Å². The summed E-state index contributed by atoms with van der Waals surface area (Å²) in [6.45, 7) is 3.56. The molecule has 0 heterocycles. The second-order valence-corrected chi connectivity index (χ2v) is 2.29. The molecule has 0 aliphatic carbocycles. The Hall–Kier alpha value is -0.0400. The van der Waals surface area contributed by atoms with Crippen molar-refractivity contribution in [2.75, 3.05) is 5.33 Å². The molecule has 0 saturated heterocycles. The van der Waals surface area contributed by atoms with E-state index < -0.39 is 0 Å². The van der Waals surface area contributed by atoms with E-state index in [1.54, 1.807) is 6.08 Å². The Morgan fingerprint density at radius 3 is 2.75 bits per heavy atom. The van der Waals surface area contributed by atoms with Crippen LogP contribution in [0.25, 0.3) is 0 Å². The van der Waals surface area contributed by atoms with Gasteiger partial charge in [-0.1, -0.05) is 40.7 Å². The van der Waals surface area contributed by atoms with Gasteiger partial charge in [0, 0.05) is 5.33 Å². The van der Waals surface area contributed by atoms with Crippen LogP contribution in [0.4, 0.5) is 0 Å². The normalized spacial score (nSPS) is 10.1. The number of alkyl halides is 1. The van der Waals surface area contributed by atoms with Crippen LogP contribution in [0.15, 0.2) is 24.8 Å². The maximum absolute atomic E-state index is 3.56. The van der Waals surface area contributed by atoms with Crippen molar-refractivity contribution in [3.63, 3.8) is 0 Å². The van der Waals surface area contributed by atoms with Crippen molar-refractivity contribution in [3.05, 3.63) is 24.8 Å². The van der Waals surface area contributed by atoms with Crippen LogP contribution >= 0.6 is 15.9 Å². The van der Waals surface area contributed by atoms with Crippen LogP contribution in [0.2, 0.25) is 0 Å². The van der Waals surface area contributed by atoms with E-state index >= 15 is 0 Å². The largest absolute Gasteiger partial charge is 0.0991 e. The highest BCUT2D eigenvalue weighted by atomic mass is 79.9. The highest BCUT2D eigenvalue weighted by Gasteiger charge is 1.75. The van der Waals surface area contributed by atoms with E-state index in [0.717, 1.165) is 11.8 Å². The zero-order chi connectivity index (χ0) is 6.24. The monoisotopic (exact) mass is 174 g/mol. The summed E-state index contributed by atoms with van der Waals surface area (Å²) >= 11 is 3.34. The van der Waals surface area contributed by atoms with E-state index in [1.807, 2.05) is 6.08 Å². The molecular formula is C7H11Br.